The Bertz CT molecular complexity index is 2300. The van der Waals surface area contributed by atoms with Gasteiger partial charge in [0.25, 0.3) is 17.4 Å². The second-order valence-electron chi connectivity index (χ2n) is 13.9. The van der Waals surface area contributed by atoms with Crippen LogP contribution in [0.25, 0.3) is 10.8 Å². The molecule has 3 aliphatic rings. The maximum absolute atomic E-state index is 14.9. The van der Waals surface area contributed by atoms with Gasteiger partial charge in [0.2, 0.25) is 5.91 Å². The molecule has 1 unspecified atom stereocenters. The van der Waals surface area contributed by atoms with Gasteiger partial charge in [0.05, 0.1) is 52.0 Å². The van der Waals surface area contributed by atoms with Crippen molar-refractivity contribution < 1.29 is 33.0 Å². The van der Waals surface area contributed by atoms with Crippen molar-refractivity contribution in [2.45, 2.75) is 44.8 Å². The van der Waals surface area contributed by atoms with E-state index in [9.17, 15) is 33.6 Å². The molecule has 1 aromatic heterocycles. The highest BCUT2D eigenvalue weighted by Gasteiger charge is 2.53. The fourth-order valence-corrected chi connectivity index (χ4v) is 7.72. The van der Waals surface area contributed by atoms with Crippen LogP contribution in [-0.2, 0) is 25.5 Å². The Hall–Kier alpha value is -5.69. The molecule has 5 amide bonds. The first kappa shape index (κ1) is 38.6. The van der Waals surface area contributed by atoms with Crippen LogP contribution < -0.4 is 10.5 Å². The molecule has 3 aromatic carbocycles. The number of amides is 5. The molecule has 0 bridgehead atoms. The summed E-state index contributed by atoms with van der Waals surface area (Å²) in [6.45, 7) is 3.99. The van der Waals surface area contributed by atoms with Gasteiger partial charge in [0.15, 0.2) is 0 Å². The molecule has 0 radical (unpaired) electrons. The van der Waals surface area contributed by atoms with E-state index in [-0.39, 0.29) is 60.2 Å². The van der Waals surface area contributed by atoms with E-state index in [4.69, 9.17) is 21.1 Å². The van der Waals surface area contributed by atoms with Gasteiger partial charge in [-0.15, -0.1) is 0 Å². The number of aromatic amines is 1. The summed E-state index contributed by atoms with van der Waals surface area (Å²) in [7, 11) is 0. The third kappa shape index (κ3) is 7.60. The fraction of sp³-hybridized carbons (Fsp3) is 0.375. The van der Waals surface area contributed by atoms with Gasteiger partial charge in [0.1, 0.15) is 17.9 Å². The van der Waals surface area contributed by atoms with Gasteiger partial charge in [-0.05, 0) is 61.2 Å². The maximum Gasteiger partial charge on any atom is 0.332 e. The highest BCUT2D eigenvalue weighted by Crippen LogP contribution is 2.37. The number of piperazine rings is 1. The van der Waals surface area contributed by atoms with Crippen molar-refractivity contribution in [3.63, 3.8) is 0 Å². The number of fused-ring (bicyclic) bond motifs is 2. The summed E-state index contributed by atoms with van der Waals surface area (Å²) in [4.78, 5) is 70.8. The highest BCUT2D eigenvalue weighted by molar-refractivity contribution is 6.33. The molecule has 290 valence electrons. The summed E-state index contributed by atoms with van der Waals surface area (Å²) in [5, 5.41) is 17.3. The Balaban J connectivity index is 0.822. The van der Waals surface area contributed by atoms with Crippen LogP contribution in [0.15, 0.2) is 59.4 Å². The third-order valence-corrected chi connectivity index (χ3v) is 11.0. The van der Waals surface area contributed by atoms with Crippen molar-refractivity contribution in [3.05, 3.63) is 104 Å². The van der Waals surface area contributed by atoms with Crippen molar-refractivity contribution in [1.29, 1.82) is 5.26 Å². The van der Waals surface area contributed by atoms with E-state index in [2.05, 4.69) is 10.2 Å². The summed E-state index contributed by atoms with van der Waals surface area (Å²) in [5.74, 6) is -1.60. The number of nitrogens with zero attached hydrogens (tertiary/aromatic N) is 6. The minimum Gasteiger partial charge on any atom is -0.381 e. The molecule has 1 N–H and O–H groups in total. The smallest absolute Gasteiger partial charge is 0.332 e. The molecule has 3 fully saturated rings. The topological polar surface area (TPSA) is 169 Å². The monoisotopic (exact) mass is 783 g/mol. The number of carbonyl (C=O) groups excluding carboxylic acids is 4. The SMILES string of the molecule is Cc1c(N2C(=O)[C@@H]3C(OCCCOCCC(=O)N4CCN(C(=O)c5cc(Cc6n[nH]c(=O)c7ccccc67)ccc5F)CC4)CCN3C2=O)ccc(C#N)c1Cl. The molecular weight excluding hydrogens is 745 g/mol. The summed E-state index contributed by atoms with van der Waals surface area (Å²) >= 11 is 6.30. The standard InChI is InChI=1S/C40H39ClFN7O7/c1-24-32(10-8-26(23-43)35(24)41)49-39(53)36-33(11-13-48(36)40(49)54)56-19-4-18-55-20-12-34(50)46-14-16-47(17-15-46)38(52)29-21-25(7-9-30(29)42)22-31-27-5-2-3-6-28(27)37(51)45-44-31/h2-3,5-10,21,33,36H,4,11-20,22H2,1H3,(H,45,51)/t33?,36-/m0/s1. The van der Waals surface area contributed by atoms with E-state index >= 15 is 0 Å². The predicted molar refractivity (Wildman–Crippen MR) is 203 cm³/mol. The normalized spacial score (nSPS) is 18.2. The van der Waals surface area contributed by atoms with Crippen molar-refractivity contribution in [2.75, 3.05) is 57.4 Å². The zero-order valence-electron chi connectivity index (χ0n) is 30.6. The summed E-state index contributed by atoms with van der Waals surface area (Å²) in [6.07, 6.45) is 1.01. The molecule has 0 saturated carbocycles. The van der Waals surface area contributed by atoms with Crippen LogP contribution in [0.1, 0.15) is 52.0 Å². The first-order chi connectivity index (χ1) is 27.1. The van der Waals surface area contributed by atoms with Crippen LogP contribution in [0.5, 0.6) is 0 Å². The molecule has 56 heavy (non-hydrogen) atoms. The second-order valence-corrected chi connectivity index (χ2v) is 14.3. The molecule has 2 atom stereocenters. The Labute approximate surface area is 326 Å². The number of aromatic nitrogens is 2. The number of nitrogens with one attached hydrogen (secondary N) is 1. The van der Waals surface area contributed by atoms with E-state index in [1.807, 2.05) is 12.1 Å². The summed E-state index contributed by atoms with van der Waals surface area (Å²) < 4.78 is 26.6. The number of nitriles is 1. The number of imide groups is 1. The average molecular weight is 784 g/mol. The van der Waals surface area contributed by atoms with Crippen molar-refractivity contribution >= 4 is 51.8 Å². The van der Waals surface area contributed by atoms with E-state index in [1.165, 1.54) is 28.0 Å². The van der Waals surface area contributed by atoms with E-state index in [0.29, 0.717) is 79.0 Å². The lowest BCUT2D eigenvalue weighted by molar-refractivity contribution is -0.133. The molecule has 7 rings (SSSR count). The van der Waals surface area contributed by atoms with Crippen LogP contribution in [-0.4, -0.2) is 113 Å². The molecule has 0 spiro atoms. The molecule has 4 aromatic rings. The number of ether oxygens (including phenoxy) is 2. The number of hydrogen-bond acceptors (Lipinski definition) is 9. The Morgan fingerprint density at radius 2 is 1.73 bits per heavy atom. The Morgan fingerprint density at radius 3 is 2.50 bits per heavy atom. The lowest BCUT2D eigenvalue weighted by Gasteiger charge is -2.35. The van der Waals surface area contributed by atoms with E-state index < -0.39 is 35.8 Å². The lowest BCUT2D eigenvalue weighted by atomic mass is 10.0. The van der Waals surface area contributed by atoms with Crippen LogP contribution in [0.4, 0.5) is 14.9 Å². The lowest BCUT2D eigenvalue weighted by Crippen LogP contribution is -2.50. The van der Waals surface area contributed by atoms with Crippen LogP contribution in [0, 0.1) is 24.1 Å². The average Bonchev–Trinajstić information content (AvgIpc) is 3.74. The number of carbonyl (C=O) groups is 4. The second kappa shape index (κ2) is 16.6. The van der Waals surface area contributed by atoms with Crippen LogP contribution in [0.3, 0.4) is 0 Å². The van der Waals surface area contributed by atoms with Crippen LogP contribution in [0.2, 0.25) is 5.02 Å². The number of rotatable bonds is 12. The molecule has 16 heteroatoms. The van der Waals surface area contributed by atoms with Gasteiger partial charge in [-0.2, -0.15) is 10.4 Å². The fourth-order valence-electron chi connectivity index (χ4n) is 7.52. The zero-order chi connectivity index (χ0) is 39.5. The maximum atomic E-state index is 14.9. The first-order valence-corrected chi connectivity index (χ1v) is 18.8. The minimum atomic E-state index is -0.748. The number of hydrogen-bond donors (Lipinski definition) is 1. The van der Waals surface area contributed by atoms with Gasteiger partial charge in [0, 0.05) is 57.7 Å². The number of halogens is 2. The van der Waals surface area contributed by atoms with Gasteiger partial charge in [-0.3, -0.25) is 19.2 Å². The van der Waals surface area contributed by atoms with E-state index in [0.717, 1.165) is 4.90 Å². The number of urea groups is 1. The molecule has 3 saturated heterocycles. The molecule has 0 aliphatic carbocycles. The Morgan fingerprint density at radius 1 is 0.982 bits per heavy atom. The van der Waals surface area contributed by atoms with Crippen LogP contribution >= 0.6 is 11.6 Å². The highest BCUT2D eigenvalue weighted by atomic mass is 35.5. The largest absolute Gasteiger partial charge is 0.381 e. The number of H-pyrrole nitrogens is 1. The van der Waals surface area contributed by atoms with Gasteiger partial charge in [-0.25, -0.2) is 19.2 Å². The quantitative estimate of drug-likeness (QED) is 0.164. The molecule has 3 aliphatic heterocycles. The zero-order valence-corrected chi connectivity index (χ0v) is 31.4. The van der Waals surface area contributed by atoms with Gasteiger partial charge in [-0.1, -0.05) is 35.9 Å². The number of anilines is 1. The molecule has 14 nitrogen and oxygen atoms in total. The van der Waals surface area contributed by atoms with Crippen molar-refractivity contribution in [2.24, 2.45) is 0 Å². The molecule has 4 heterocycles. The van der Waals surface area contributed by atoms with E-state index in [1.54, 1.807) is 42.2 Å². The van der Waals surface area contributed by atoms with Crippen molar-refractivity contribution in [1.82, 2.24) is 24.9 Å². The Kier molecular flexibility index (Phi) is 11.4. The minimum absolute atomic E-state index is 0.0625. The van der Waals surface area contributed by atoms with Gasteiger partial charge < -0.3 is 24.2 Å². The predicted octanol–water partition coefficient (Wildman–Crippen LogP) is 4.19. The van der Waals surface area contributed by atoms with Crippen molar-refractivity contribution in [3.8, 4) is 6.07 Å². The number of benzene rings is 3. The summed E-state index contributed by atoms with van der Waals surface area (Å²) in [6, 6.07) is 15.3. The first-order valence-electron chi connectivity index (χ1n) is 18.4. The molecular formula is C40H39ClFN7O7. The van der Waals surface area contributed by atoms with Gasteiger partial charge >= 0.3 is 6.03 Å². The third-order valence-electron chi connectivity index (χ3n) is 10.5. The summed E-state index contributed by atoms with van der Waals surface area (Å²) in [5.41, 5.74) is 1.99.